The van der Waals surface area contributed by atoms with Crippen molar-refractivity contribution >= 4 is 23.4 Å². The largest absolute Gasteiger partial charge is 0.494 e. The molecule has 0 aromatic heterocycles. The summed E-state index contributed by atoms with van der Waals surface area (Å²) in [4.78, 5) is 17.1. The number of benzene rings is 1. The highest BCUT2D eigenvalue weighted by atomic mass is 32.2. The molecule has 134 valence electrons. The van der Waals surface area contributed by atoms with Crippen molar-refractivity contribution in [1.82, 2.24) is 9.80 Å². The Bertz CT molecular complexity index is 536. The van der Waals surface area contributed by atoms with Crippen LogP contribution in [0.2, 0.25) is 0 Å². The molecule has 5 nitrogen and oxygen atoms in total. The zero-order valence-corrected chi connectivity index (χ0v) is 16.1. The van der Waals surface area contributed by atoms with Crippen molar-refractivity contribution < 1.29 is 9.53 Å². The summed E-state index contributed by atoms with van der Waals surface area (Å²) >= 11 is 1.88. The van der Waals surface area contributed by atoms with E-state index in [-0.39, 0.29) is 11.9 Å². The standard InChI is InChI=1S/C18H29N3O2S/c1-6-23-15-9-7-14(8-10-15)19-18(22)13(2)21-11-16(20(3)4)17(12-21)24-5/h7-10,13,16-17H,6,11-12H2,1-5H3,(H,19,22)/t13-,16+,17-/m0/s1. The van der Waals surface area contributed by atoms with Gasteiger partial charge in [0, 0.05) is 30.1 Å². The van der Waals surface area contributed by atoms with Crippen molar-refractivity contribution in [2.45, 2.75) is 31.2 Å². The van der Waals surface area contributed by atoms with Gasteiger partial charge in [-0.25, -0.2) is 0 Å². The lowest BCUT2D eigenvalue weighted by Crippen LogP contribution is -2.42. The quantitative estimate of drug-likeness (QED) is 0.817. The molecule has 1 aromatic rings. The molecule has 0 bridgehead atoms. The maximum Gasteiger partial charge on any atom is 0.241 e. The zero-order valence-electron chi connectivity index (χ0n) is 15.3. The molecule has 24 heavy (non-hydrogen) atoms. The molecule has 2 rings (SSSR count). The van der Waals surface area contributed by atoms with Crippen LogP contribution < -0.4 is 10.1 Å². The third-order valence-electron chi connectivity index (χ3n) is 4.59. The SMILES string of the molecule is CCOc1ccc(NC(=O)[C@H](C)N2C[C@H](SC)[C@H](N(C)C)C2)cc1. The predicted octanol–water partition coefficient (Wildman–Crippen LogP) is 2.39. The number of likely N-dealkylation sites (N-methyl/N-ethyl adjacent to an activating group) is 1. The van der Waals surface area contributed by atoms with Gasteiger partial charge in [-0.1, -0.05) is 0 Å². The molecule has 0 spiro atoms. The summed E-state index contributed by atoms with van der Waals surface area (Å²) in [5, 5.41) is 3.55. The Labute approximate surface area is 149 Å². The highest BCUT2D eigenvalue weighted by Gasteiger charge is 2.37. The van der Waals surface area contributed by atoms with E-state index in [4.69, 9.17) is 4.74 Å². The van der Waals surface area contributed by atoms with E-state index in [1.165, 1.54) is 0 Å². The number of carbonyl (C=O) groups excluding carboxylic acids is 1. The molecule has 0 aliphatic carbocycles. The third kappa shape index (κ3) is 4.65. The number of nitrogens with one attached hydrogen (secondary N) is 1. The Morgan fingerprint density at radius 3 is 2.54 bits per heavy atom. The minimum Gasteiger partial charge on any atom is -0.494 e. The number of nitrogens with zero attached hydrogens (tertiary/aromatic N) is 2. The fourth-order valence-electron chi connectivity index (χ4n) is 3.04. The highest BCUT2D eigenvalue weighted by Crippen LogP contribution is 2.26. The maximum atomic E-state index is 12.6. The van der Waals surface area contributed by atoms with Crippen LogP contribution in [0.25, 0.3) is 0 Å². The van der Waals surface area contributed by atoms with E-state index in [2.05, 4.69) is 35.5 Å². The average Bonchev–Trinajstić information content (AvgIpc) is 3.00. The molecule has 1 amide bonds. The number of ether oxygens (including phenoxy) is 1. The molecular weight excluding hydrogens is 322 g/mol. The molecular formula is C18H29N3O2S. The molecule has 1 heterocycles. The molecule has 0 unspecified atom stereocenters. The monoisotopic (exact) mass is 351 g/mol. The number of rotatable bonds is 7. The van der Waals surface area contributed by atoms with Crippen molar-refractivity contribution in [2.75, 3.05) is 45.4 Å². The van der Waals surface area contributed by atoms with E-state index in [0.29, 0.717) is 17.9 Å². The Kier molecular flexibility index (Phi) is 6.95. The Hall–Kier alpha value is -1.24. The highest BCUT2D eigenvalue weighted by molar-refractivity contribution is 7.99. The minimum atomic E-state index is -0.142. The summed E-state index contributed by atoms with van der Waals surface area (Å²) in [6, 6.07) is 7.87. The number of amides is 1. The lowest BCUT2D eigenvalue weighted by atomic mass is 10.2. The number of likely N-dealkylation sites (tertiary alicyclic amines) is 1. The van der Waals surface area contributed by atoms with E-state index in [1.807, 2.05) is 49.9 Å². The molecule has 3 atom stereocenters. The van der Waals surface area contributed by atoms with Gasteiger partial charge in [0.1, 0.15) is 5.75 Å². The number of thioether (sulfide) groups is 1. The van der Waals surface area contributed by atoms with Crippen LogP contribution in [0.1, 0.15) is 13.8 Å². The minimum absolute atomic E-state index is 0.0402. The number of hydrogen-bond acceptors (Lipinski definition) is 5. The van der Waals surface area contributed by atoms with Crippen molar-refractivity contribution in [3.63, 3.8) is 0 Å². The lowest BCUT2D eigenvalue weighted by molar-refractivity contribution is -0.120. The van der Waals surface area contributed by atoms with Gasteiger partial charge in [0.05, 0.1) is 12.6 Å². The summed E-state index contributed by atoms with van der Waals surface area (Å²) in [5.41, 5.74) is 0.806. The normalized spacial score (nSPS) is 22.6. The van der Waals surface area contributed by atoms with Gasteiger partial charge >= 0.3 is 0 Å². The molecule has 1 aliphatic rings. The fourth-order valence-corrected chi connectivity index (χ4v) is 4.03. The van der Waals surface area contributed by atoms with E-state index in [9.17, 15) is 4.79 Å². The first-order chi connectivity index (χ1) is 11.5. The predicted molar refractivity (Wildman–Crippen MR) is 102 cm³/mol. The Morgan fingerprint density at radius 1 is 1.38 bits per heavy atom. The van der Waals surface area contributed by atoms with Crippen LogP contribution in [0.3, 0.4) is 0 Å². The summed E-state index contributed by atoms with van der Waals surface area (Å²) in [7, 11) is 4.23. The van der Waals surface area contributed by atoms with Crippen molar-refractivity contribution in [2.24, 2.45) is 0 Å². The van der Waals surface area contributed by atoms with E-state index in [1.54, 1.807) is 0 Å². The number of hydrogen-bond donors (Lipinski definition) is 1. The number of anilines is 1. The number of carbonyl (C=O) groups is 1. The molecule has 1 aliphatic heterocycles. The van der Waals surface area contributed by atoms with Gasteiger partial charge in [-0.3, -0.25) is 9.69 Å². The van der Waals surface area contributed by atoms with Gasteiger partial charge in [0.25, 0.3) is 0 Å². The molecule has 0 saturated carbocycles. The zero-order chi connectivity index (χ0) is 17.7. The van der Waals surface area contributed by atoms with Gasteiger partial charge < -0.3 is 15.0 Å². The Balaban J connectivity index is 1.94. The third-order valence-corrected chi connectivity index (χ3v) is 5.66. The smallest absolute Gasteiger partial charge is 0.241 e. The van der Waals surface area contributed by atoms with Crippen LogP contribution in [-0.2, 0) is 4.79 Å². The van der Waals surface area contributed by atoms with Crippen LogP contribution in [0, 0.1) is 0 Å². The van der Waals surface area contributed by atoms with Gasteiger partial charge in [0.2, 0.25) is 5.91 Å². The molecule has 1 saturated heterocycles. The molecule has 1 fully saturated rings. The van der Waals surface area contributed by atoms with E-state index in [0.717, 1.165) is 24.5 Å². The second-order valence-corrected chi connectivity index (χ2v) is 7.46. The molecule has 1 N–H and O–H groups in total. The average molecular weight is 352 g/mol. The second kappa shape index (κ2) is 8.74. The van der Waals surface area contributed by atoms with Gasteiger partial charge in [-0.15, -0.1) is 0 Å². The van der Waals surface area contributed by atoms with Gasteiger partial charge in [0.15, 0.2) is 0 Å². The first-order valence-corrected chi connectivity index (χ1v) is 9.72. The van der Waals surface area contributed by atoms with Crippen molar-refractivity contribution in [1.29, 1.82) is 0 Å². The second-order valence-electron chi connectivity index (χ2n) is 6.38. The van der Waals surface area contributed by atoms with Crippen LogP contribution in [0.5, 0.6) is 5.75 Å². The first-order valence-electron chi connectivity index (χ1n) is 8.43. The molecule has 1 aromatic carbocycles. The summed E-state index contributed by atoms with van der Waals surface area (Å²) in [6.45, 7) is 6.45. The van der Waals surface area contributed by atoms with Crippen LogP contribution in [0.4, 0.5) is 5.69 Å². The summed E-state index contributed by atoms with van der Waals surface area (Å²) < 4.78 is 5.42. The van der Waals surface area contributed by atoms with Crippen molar-refractivity contribution in [3.8, 4) is 5.75 Å². The topological polar surface area (TPSA) is 44.8 Å². The van der Waals surface area contributed by atoms with Crippen LogP contribution >= 0.6 is 11.8 Å². The molecule has 6 heteroatoms. The van der Waals surface area contributed by atoms with Crippen molar-refractivity contribution in [3.05, 3.63) is 24.3 Å². The van der Waals surface area contributed by atoms with E-state index >= 15 is 0 Å². The van der Waals surface area contributed by atoms with Gasteiger partial charge in [-0.05, 0) is 58.5 Å². The first kappa shape index (κ1) is 19.1. The molecule has 0 radical (unpaired) electrons. The summed E-state index contributed by atoms with van der Waals surface area (Å²) in [6.07, 6.45) is 2.15. The van der Waals surface area contributed by atoms with Crippen LogP contribution in [-0.4, -0.2) is 73.1 Å². The Morgan fingerprint density at radius 2 is 2.04 bits per heavy atom. The summed E-state index contributed by atoms with van der Waals surface area (Å²) in [5.74, 6) is 0.859. The lowest BCUT2D eigenvalue weighted by Gasteiger charge is -2.25. The maximum absolute atomic E-state index is 12.6. The fraction of sp³-hybridized carbons (Fsp3) is 0.611. The van der Waals surface area contributed by atoms with Crippen LogP contribution in [0.15, 0.2) is 24.3 Å². The van der Waals surface area contributed by atoms with Gasteiger partial charge in [-0.2, -0.15) is 11.8 Å². The van der Waals surface area contributed by atoms with E-state index < -0.39 is 0 Å².